The second-order valence-corrected chi connectivity index (χ2v) is 5.40. The molecule has 0 fully saturated rings. The molecule has 1 aromatic rings. The summed E-state index contributed by atoms with van der Waals surface area (Å²) >= 11 is 3.43. The Bertz CT molecular complexity index is 465. The SMILES string of the molecule is CC1(C)Oc2ccc(C#N)cc2[C@H](O)[C@@H]1Br. The van der Waals surface area contributed by atoms with E-state index in [0.29, 0.717) is 16.9 Å². The normalized spacial score (nSPS) is 26.4. The van der Waals surface area contributed by atoms with Gasteiger partial charge in [-0.2, -0.15) is 5.26 Å². The summed E-state index contributed by atoms with van der Waals surface area (Å²) in [5.41, 5.74) is 0.724. The molecule has 1 aromatic carbocycles. The third-order valence-corrected chi connectivity index (χ3v) is 4.38. The van der Waals surface area contributed by atoms with Crippen LogP contribution in [0.2, 0.25) is 0 Å². The molecular weight excluding hydrogens is 270 g/mol. The molecule has 3 nitrogen and oxygen atoms in total. The maximum absolute atomic E-state index is 10.1. The number of aliphatic hydroxyl groups is 1. The van der Waals surface area contributed by atoms with Gasteiger partial charge in [-0.3, -0.25) is 0 Å². The van der Waals surface area contributed by atoms with Crippen molar-refractivity contribution in [2.24, 2.45) is 0 Å². The number of ether oxygens (including phenoxy) is 1. The Kier molecular flexibility index (Phi) is 2.69. The minimum Gasteiger partial charge on any atom is -0.486 e. The molecule has 0 saturated carbocycles. The van der Waals surface area contributed by atoms with Gasteiger partial charge in [-0.15, -0.1) is 0 Å². The number of halogens is 1. The van der Waals surface area contributed by atoms with E-state index in [1.165, 1.54) is 0 Å². The number of hydrogen-bond donors (Lipinski definition) is 1. The second kappa shape index (κ2) is 3.76. The van der Waals surface area contributed by atoms with Crippen LogP contribution in [0.5, 0.6) is 5.75 Å². The van der Waals surface area contributed by atoms with Crippen molar-refractivity contribution in [1.29, 1.82) is 5.26 Å². The molecular formula is C12H12BrNO2. The van der Waals surface area contributed by atoms with Crippen molar-refractivity contribution < 1.29 is 9.84 Å². The van der Waals surface area contributed by atoms with E-state index in [1.54, 1.807) is 18.2 Å². The van der Waals surface area contributed by atoms with Gasteiger partial charge in [0.05, 0.1) is 22.6 Å². The van der Waals surface area contributed by atoms with Crippen molar-refractivity contribution in [3.63, 3.8) is 0 Å². The average molecular weight is 282 g/mol. The van der Waals surface area contributed by atoms with E-state index in [4.69, 9.17) is 10.00 Å². The molecule has 4 heteroatoms. The molecule has 1 aliphatic rings. The topological polar surface area (TPSA) is 53.2 Å². The molecule has 0 saturated heterocycles. The van der Waals surface area contributed by atoms with E-state index in [-0.39, 0.29) is 4.83 Å². The number of fused-ring (bicyclic) bond motifs is 1. The van der Waals surface area contributed by atoms with Crippen LogP contribution in [0.15, 0.2) is 18.2 Å². The van der Waals surface area contributed by atoms with Gasteiger partial charge in [0.25, 0.3) is 0 Å². The van der Waals surface area contributed by atoms with E-state index in [1.807, 2.05) is 13.8 Å². The summed E-state index contributed by atoms with van der Waals surface area (Å²) in [7, 11) is 0. The van der Waals surface area contributed by atoms with Crippen molar-refractivity contribution >= 4 is 15.9 Å². The average Bonchev–Trinajstić information content (AvgIpc) is 2.25. The van der Waals surface area contributed by atoms with Crippen molar-refractivity contribution in [2.45, 2.75) is 30.4 Å². The highest BCUT2D eigenvalue weighted by Crippen LogP contribution is 2.43. The predicted molar refractivity (Wildman–Crippen MR) is 63.5 cm³/mol. The lowest BCUT2D eigenvalue weighted by Gasteiger charge is -2.40. The molecule has 0 amide bonds. The van der Waals surface area contributed by atoms with Crippen LogP contribution in [0.3, 0.4) is 0 Å². The van der Waals surface area contributed by atoms with Crippen LogP contribution in [-0.2, 0) is 0 Å². The quantitative estimate of drug-likeness (QED) is 0.744. The van der Waals surface area contributed by atoms with Crippen LogP contribution in [0.1, 0.15) is 31.1 Å². The zero-order valence-corrected chi connectivity index (χ0v) is 10.7. The second-order valence-electron chi connectivity index (χ2n) is 4.42. The van der Waals surface area contributed by atoms with Gasteiger partial charge >= 0.3 is 0 Å². The summed E-state index contributed by atoms with van der Waals surface area (Å²) < 4.78 is 5.79. The van der Waals surface area contributed by atoms with Crippen LogP contribution in [0.4, 0.5) is 0 Å². The van der Waals surface area contributed by atoms with E-state index >= 15 is 0 Å². The summed E-state index contributed by atoms with van der Waals surface area (Å²) in [4.78, 5) is -0.193. The third-order valence-electron chi connectivity index (χ3n) is 2.77. The molecule has 1 heterocycles. The monoisotopic (exact) mass is 281 g/mol. The Morgan fingerprint density at radius 1 is 1.50 bits per heavy atom. The molecule has 0 radical (unpaired) electrons. The van der Waals surface area contributed by atoms with Crippen LogP contribution < -0.4 is 4.74 Å². The molecule has 2 atom stereocenters. The zero-order valence-electron chi connectivity index (χ0n) is 9.07. The molecule has 16 heavy (non-hydrogen) atoms. The first-order valence-corrected chi connectivity index (χ1v) is 5.92. The van der Waals surface area contributed by atoms with E-state index in [0.717, 1.165) is 0 Å². The first kappa shape index (κ1) is 11.4. The minimum absolute atomic E-state index is 0.193. The number of nitriles is 1. The van der Waals surface area contributed by atoms with Crippen LogP contribution >= 0.6 is 15.9 Å². The minimum atomic E-state index is -0.660. The third kappa shape index (κ3) is 1.70. The van der Waals surface area contributed by atoms with Gasteiger partial charge in [0.1, 0.15) is 11.4 Å². The fourth-order valence-electron chi connectivity index (χ4n) is 1.82. The van der Waals surface area contributed by atoms with E-state index in [9.17, 15) is 5.11 Å². The van der Waals surface area contributed by atoms with Gasteiger partial charge in [-0.1, -0.05) is 15.9 Å². The Balaban J connectivity index is 2.52. The Morgan fingerprint density at radius 3 is 2.81 bits per heavy atom. The predicted octanol–water partition coefficient (Wildman–Crippen LogP) is 2.53. The highest BCUT2D eigenvalue weighted by atomic mass is 79.9. The van der Waals surface area contributed by atoms with Crippen LogP contribution in [-0.4, -0.2) is 15.5 Å². The Labute approximate surface area is 103 Å². The van der Waals surface area contributed by atoms with Gasteiger partial charge in [-0.25, -0.2) is 0 Å². The molecule has 0 bridgehead atoms. The Hall–Kier alpha value is -1.05. The molecule has 1 aliphatic heterocycles. The molecule has 0 aromatic heterocycles. The lowest BCUT2D eigenvalue weighted by atomic mass is 9.91. The molecule has 84 valence electrons. The van der Waals surface area contributed by atoms with Crippen molar-refractivity contribution in [1.82, 2.24) is 0 Å². The molecule has 0 unspecified atom stereocenters. The van der Waals surface area contributed by atoms with E-state index in [2.05, 4.69) is 22.0 Å². The highest BCUT2D eigenvalue weighted by molar-refractivity contribution is 9.09. The fraction of sp³-hybridized carbons (Fsp3) is 0.417. The van der Waals surface area contributed by atoms with E-state index < -0.39 is 11.7 Å². The first-order chi connectivity index (χ1) is 7.45. The molecule has 0 spiro atoms. The highest BCUT2D eigenvalue weighted by Gasteiger charge is 2.41. The van der Waals surface area contributed by atoms with Gasteiger partial charge in [-0.05, 0) is 32.0 Å². The van der Waals surface area contributed by atoms with Gasteiger partial charge in [0.2, 0.25) is 0 Å². The number of benzene rings is 1. The van der Waals surface area contributed by atoms with Crippen molar-refractivity contribution in [3.05, 3.63) is 29.3 Å². The fourth-order valence-corrected chi connectivity index (χ4v) is 2.20. The number of nitrogens with zero attached hydrogens (tertiary/aromatic N) is 1. The number of alkyl halides is 1. The summed E-state index contributed by atoms with van der Waals surface area (Å²) in [6, 6.07) is 7.15. The first-order valence-electron chi connectivity index (χ1n) is 5.01. The Morgan fingerprint density at radius 2 is 2.19 bits per heavy atom. The summed E-state index contributed by atoms with van der Waals surface area (Å²) in [6.45, 7) is 3.83. The van der Waals surface area contributed by atoms with Gasteiger partial charge in [0.15, 0.2) is 0 Å². The standard InChI is InChI=1S/C12H12BrNO2/c1-12(2)11(13)10(15)8-5-7(6-14)3-4-9(8)16-12/h3-5,10-11,15H,1-2H3/t10-,11-/m0/s1. The maximum atomic E-state index is 10.1. The summed E-state index contributed by atoms with van der Waals surface area (Å²) in [5.74, 6) is 0.646. The lowest BCUT2D eigenvalue weighted by Crippen LogP contribution is -2.45. The zero-order chi connectivity index (χ0) is 11.9. The number of hydrogen-bond acceptors (Lipinski definition) is 3. The summed E-state index contributed by atoms with van der Waals surface area (Å²) in [6.07, 6.45) is -0.660. The van der Waals surface area contributed by atoms with Crippen molar-refractivity contribution in [3.8, 4) is 11.8 Å². The van der Waals surface area contributed by atoms with Crippen LogP contribution in [0.25, 0.3) is 0 Å². The lowest BCUT2D eigenvalue weighted by molar-refractivity contribution is 0.0225. The number of aliphatic hydroxyl groups excluding tert-OH is 1. The maximum Gasteiger partial charge on any atom is 0.126 e. The summed E-state index contributed by atoms with van der Waals surface area (Å²) in [5, 5.41) is 19.0. The van der Waals surface area contributed by atoms with Gasteiger partial charge < -0.3 is 9.84 Å². The van der Waals surface area contributed by atoms with Gasteiger partial charge in [0, 0.05) is 5.56 Å². The van der Waals surface area contributed by atoms with Crippen molar-refractivity contribution in [2.75, 3.05) is 0 Å². The largest absolute Gasteiger partial charge is 0.486 e. The van der Waals surface area contributed by atoms with Crippen LogP contribution in [0, 0.1) is 11.3 Å². The molecule has 1 N–H and O–H groups in total. The smallest absolute Gasteiger partial charge is 0.126 e. The molecule has 0 aliphatic carbocycles. The molecule has 2 rings (SSSR count). The number of rotatable bonds is 0.